The molecule has 0 bridgehead atoms. The van der Waals surface area contributed by atoms with Crippen LogP contribution in [-0.2, 0) is 4.79 Å². The van der Waals surface area contributed by atoms with Gasteiger partial charge in [-0.05, 0) is 37.0 Å². The maximum atomic E-state index is 11.0. The molecule has 68 valence electrons. The molecule has 2 aliphatic carbocycles. The van der Waals surface area contributed by atoms with Gasteiger partial charge in [-0.3, -0.25) is 4.79 Å². The largest absolute Gasteiger partial charge is 0.396 e. The Kier molecular flexibility index (Phi) is 1.95. The molecule has 0 saturated heterocycles. The molecule has 1 N–H and O–H groups in total. The summed E-state index contributed by atoms with van der Waals surface area (Å²) in [6, 6.07) is 0. The maximum Gasteiger partial charge on any atom is 0.132 e. The van der Waals surface area contributed by atoms with Crippen molar-refractivity contribution in [2.24, 2.45) is 11.3 Å². The lowest BCUT2D eigenvalue weighted by molar-refractivity contribution is -0.125. The Morgan fingerprint density at radius 3 is 2.42 bits per heavy atom. The Morgan fingerprint density at radius 2 is 1.92 bits per heavy atom. The van der Waals surface area contributed by atoms with E-state index in [-0.39, 0.29) is 0 Å². The van der Waals surface area contributed by atoms with Crippen molar-refractivity contribution in [1.29, 1.82) is 0 Å². The van der Waals surface area contributed by atoms with Crippen molar-refractivity contribution in [2.75, 3.05) is 6.61 Å². The van der Waals surface area contributed by atoms with Crippen molar-refractivity contribution in [3.63, 3.8) is 0 Å². The fourth-order valence-corrected chi connectivity index (χ4v) is 2.76. The zero-order valence-electron chi connectivity index (χ0n) is 7.38. The minimum atomic E-state index is 0.343. The molecular weight excluding hydrogens is 152 g/mol. The third kappa shape index (κ3) is 1.28. The van der Waals surface area contributed by atoms with Gasteiger partial charge < -0.3 is 5.11 Å². The summed E-state index contributed by atoms with van der Waals surface area (Å²) in [5.74, 6) is 0.978. The lowest BCUT2D eigenvalue weighted by atomic mass is 9.56. The lowest BCUT2D eigenvalue weighted by Crippen LogP contribution is -2.41. The summed E-state index contributed by atoms with van der Waals surface area (Å²) in [5.41, 5.74) is 0.474. The highest BCUT2D eigenvalue weighted by Gasteiger charge is 2.45. The molecule has 0 radical (unpaired) electrons. The zero-order valence-corrected chi connectivity index (χ0v) is 7.38. The first-order chi connectivity index (χ1) is 5.74. The molecule has 2 fully saturated rings. The Hall–Kier alpha value is -0.370. The molecule has 2 aliphatic rings. The van der Waals surface area contributed by atoms with Gasteiger partial charge in [-0.25, -0.2) is 0 Å². The van der Waals surface area contributed by atoms with E-state index in [9.17, 15) is 4.79 Å². The Balaban J connectivity index is 1.87. The third-order valence-corrected chi connectivity index (χ3v) is 3.57. The number of rotatable bonds is 1. The number of carbonyl (C=O) groups is 1. The van der Waals surface area contributed by atoms with E-state index < -0.39 is 0 Å². The SMILES string of the molecule is O=C1CCC2(CC1)CC(CO)C2. The van der Waals surface area contributed by atoms with E-state index in [1.165, 1.54) is 0 Å². The van der Waals surface area contributed by atoms with Crippen molar-refractivity contribution in [3.05, 3.63) is 0 Å². The van der Waals surface area contributed by atoms with Crippen LogP contribution < -0.4 is 0 Å². The van der Waals surface area contributed by atoms with Gasteiger partial charge in [0.15, 0.2) is 0 Å². The number of carbonyl (C=O) groups excluding carboxylic acids is 1. The molecule has 2 heteroatoms. The molecule has 0 aromatic heterocycles. The molecule has 0 heterocycles. The van der Waals surface area contributed by atoms with Crippen LogP contribution in [0, 0.1) is 11.3 Å². The number of hydrogen-bond donors (Lipinski definition) is 1. The quantitative estimate of drug-likeness (QED) is 0.644. The summed E-state index contributed by atoms with van der Waals surface area (Å²) in [5, 5.41) is 8.89. The van der Waals surface area contributed by atoms with Gasteiger partial charge in [0.05, 0.1) is 0 Å². The van der Waals surface area contributed by atoms with E-state index in [1.807, 2.05) is 0 Å². The van der Waals surface area contributed by atoms with Gasteiger partial charge in [-0.1, -0.05) is 0 Å². The molecule has 0 aliphatic heterocycles. The van der Waals surface area contributed by atoms with Crippen molar-refractivity contribution in [1.82, 2.24) is 0 Å². The molecule has 0 unspecified atom stereocenters. The summed E-state index contributed by atoms with van der Waals surface area (Å²) in [4.78, 5) is 11.0. The fourth-order valence-electron chi connectivity index (χ4n) is 2.76. The predicted octanol–water partition coefficient (Wildman–Crippen LogP) is 1.52. The average Bonchev–Trinajstić information content (AvgIpc) is 2.02. The van der Waals surface area contributed by atoms with Gasteiger partial charge in [0.2, 0.25) is 0 Å². The minimum absolute atomic E-state index is 0.343. The molecule has 2 saturated carbocycles. The van der Waals surface area contributed by atoms with Gasteiger partial charge in [0.25, 0.3) is 0 Å². The van der Waals surface area contributed by atoms with Crippen LogP contribution in [0.1, 0.15) is 38.5 Å². The fraction of sp³-hybridized carbons (Fsp3) is 0.900. The molecule has 0 atom stereocenters. The first-order valence-corrected chi connectivity index (χ1v) is 4.87. The van der Waals surface area contributed by atoms with E-state index in [0.717, 1.165) is 38.5 Å². The number of aliphatic hydroxyl groups is 1. The standard InChI is InChI=1S/C10H16O2/c11-7-8-5-10(6-8)3-1-9(12)2-4-10/h8,11H,1-7H2. The Morgan fingerprint density at radius 1 is 1.33 bits per heavy atom. The second-order valence-corrected chi connectivity index (χ2v) is 4.50. The van der Waals surface area contributed by atoms with E-state index in [4.69, 9.17) is 5.11 Å². The van der Waals surface area contributed by atoms with Crippen LogP contribution in [0.15, 0.2) is 0 Å². The molecule has 0 aromatic rings. The van der Waals surface area contributed by atoms with Crippen molar-refractivity contribution >= 4 is 5.78 Å². The van der Waals surface area contributed by atoms with E-state index in [1.54, 1.807) is 0 Å². The zero-order chi connectivity index (χ0) is 8.60. The highest BCUT2D eigenvalue weighted by Crippen LogP contribution is 2.53. The molecule has 1 spiro atoms. The molecule has 2 rings (SSSR count). The van der Waals surface area contributed by atoms with Crippen LogP contribution in [-0.4, -0.2) is 17.5 Å². The Labute approximate surface area is 73.0 Å². The molecule has 2 nitrogen and oxygen atoms in total. The van der Waals surface area contributed by atoms with Gasteiger partial charge in [0.1, 0.15) is 5.78 Å². The van der Waals surface area contributed by atoms with E-state index in [0.29, 0.717) is 23.7 Å². The summed E-state index contributed by atoms with van der Waals surface area (Å²) < 4.78 is 0. The first-order valence-electron chi connectivity index (χ1n) is 4.87. The molecule has 0 amide bonds. The van der Waals surface area contributed by atoms with Crippen molar-refractivity contribution < 1.29 is 9.90 Å². The number of ketones is 1. The number of aliphatic hydroxyl groups excluding tert-OH is 1. The van der Waals surface area contributed by atoms with Crippen LogP contribution >= 0.6 is 0 Å². The molecular formula is C10H16O2. The van der Waals surface area contributed by atoms with Gasteiger partial charge in [0, 0.05) is 19.4 Å². The highest BCUT2D eigenvalue weighted by atomic mass is 16.3. The monoisotopic (exact) mass is 168 g/mol. The second-order valence-electron chi connectivity index (χ2n) is 4.50. The number of Topliss-reactive ketones (excluding diaryl/α,β-unsaturated/α-hetero) is 1. The van der Waals surface area contributed by atoms with Gasteiger partial charge in [-0.15, -0.1) is 0 Å². The van der Waals surface area contributed by atoms with E-state index >= 15 is 0 Å². The predicted molar refractivity (Wildman–Crippen MR) is 45.7 cm³/mol. The lowest BCUT2D eigenvalue weighted by Gasteiger charge is -2.49. The molecule has 0 aromatic carbocycles. The van der Waals surface area contributed by atoms with E-state index in [2.05, 4.69) is 0 Å². The Bertz CT molecular complexity index is 180. The van der Waals surface area contributed by atoms with Crippen LogP contribution in [0.25, 0.3) is 0 Å². The normalized spacial score (nSPS) is 28.9. The summed E-state index contributed by atoms with van der Waals surface area (Å²) in [7, 11) is 0. The summed E-state index contributed by atoms with van der Waals surface area (Å²) >= 11 is 0. The second kappa shape index (κ2) is 2.84. The maximum absolute atomic E-state index is 11.0. The highest BCUT2D eigenvalue weighted by molar-refractivity contribution is 5.79. The number of hydrogen-bond acceptors (Lipinski definition) is 2. The summed E-state index contributed by atoms with van der Waals surface area (Å²) in [6.45, 7) is 0.343. The summed E-state index contributed by atoms with van der Waals surface area (Å²) in [6.07, 6.45) is 6.08. The van der Waals surface area contributed by atoms with Crippen LogP contribution in [0.2, 0.25) is 0 Å². The van der Waals surface area contributed by atoms with Crippen LogP contribution in [0.5, 0.6) is 0 Å². The smallest absolute Gasteiger partial charge is 0.132 e. The van der Waals surface area contributed by atoms with Crippen LogP contribution in [0.4, 0.5) is 0 Å². The van der Waals surface area contributed by atoms with Crippen molar-refractivity contribution in [3.8, 4) is 0 Å². The van der Waals surface area contributed by atoms with Crippen molar-refractivity contribution in [2.45, 2.75) is 38.5 Å². The van der Waals surface area contributed by atoms with Gasteiger partial charge in [-0.2, -0.15) is 0 Å². The minimum Gasteiger partial charge on any atom is -0.396 e. The first kappa shape index (κ1) is 8.24. The molecule has 12 heavy (non-hydrogen) atoms. The average molecular weight is 168 g/mol. The van der Waals surface area contributed by atoms with Crippen LogP contribution in [0.3, 0.4) is 0 Å². The van der Waals surface area contributed by atoms with Gasteiger partial charge >= 0.3 is 0 Å². The third-order valence-electron chi connectivity index (χ3n) is 3.57. The topological polar surface area (TPSA) is 37.3 Å².